The average Bonchev–Trinajstić information content (AvgIpc) is 3.35. The fourth-order valence-electron chi connectivity index (χ4n) is 4.27. The van der Waals surface area contributed by atoms with E-state index in [9.17, 15) is 9.59 Å². The van der Waals surface area contributed by atoms with Gasteiger partial charge in [0, 0.05) is 37.8 Å². The molecule has 0 saturated carbocycles. The standard InChI is InChI=1S/C20H24N4O3/c1-13-4-3-5-15(21-13)6-7-19(25)23-10-8-18-17(23)9-11-24(18)20(26)16-12-27-14(2)22-16/h3-5,12,17-18H,6-11H2,1-2H3/t17-,18-/m1/s1. The van der Waals surface area contributed by atoms with Gasteiger partial charge in [-0.25, -0.2) is 4.98 Å². The number of carbonyl (C=O) groups is 2. The number of likely N-dealkylation sites (tertiary alicyclic amines) is 2. The van der Waals surface area contributed by atoms with Crippen molar-refractivity contribution < 1.29 is 14.0 Å². The summed E-state index contributed by atoms with van der Waals surface area (Å²) in [6, 6.07) is 6.08. The van der Waals surface area contributed by atoms with Crippen LogP contribution in [0.4, 0.5) is 0 Å². The molecule has 2 aliphatic rings. The smallest absolute Gasteiger partial charge is 0.276 e. The monoisotopic (exact) mass is 368 g/mol. The summed E-state index contributed by atoms with van der Waals surface area (Å²) in [4.78, 5) is 37.9. The third-order valence-corrected chi connectivity index (χ3v) is 5.54. The van der Waals surface area contributed by atoms with E-state index in [2.05, 4.69) is 9.97 Å². The van der Waals surface area contributed by atoms with Gasteiger partial charge in [-0.1, -0.05) is 6.07 Å². The second-order valence-corrected chi connectivity index (χ2v) is 7.32. The molecule has 0 aliphatic carbocycles. The lowest BCUT2D eigenvalue weighted by atomic mass is 10.1. The Kier molecular flexibility index (Phi) is 4.68. The first-order chi connectivity index (χ1) is 13.0. The molecular weight excluding hydrogens is 344 g/mol. The summed E-state index contributed by atoms with van der Waals surface area (Å²) >= 11 is 0. The minimum atomic E-state index is -0.0994. The van der Waals surface area contributed by atoms with E-state index < -0.39 is 0 Å². The first-order valence-corrected chi connectivity index (χ1v) is 9.48. The summed E-state index contributed by atoms with van der Waals surface area (Å²) in [6.07, 6.45) is 4.16. The molecule has 2 aliphatic heterocycles. The molecule has 142 valence electrons. The van der Waals surface area contributed by atoms with Gasteiger partial charge in [0.1, 0.15) is 6.26 Å². The molecule has 0 unspecified atom stereocenters. The highest BCUT2D eigenvalue weighted by Crippen LogP contribution is 2.33. The van der Waals surface area contributed by atoms with Crippen molar-refractivity contribution >= 4 is 11.8 Å². The normalized spacial score (nSPS) is 21.6. The van der Waals surface area contributed by atoms with Crippen molar-refractivity contribution in [1.82, 2.24) is 19.8 Å². The zero-order chi connectivity index (χ0) is 19.0. The largest absolute Gasteiger partial charge is 0.448 e. The van der Waals surface area contributed by atoms with Crippen molar-refractivity contribution in [2.24, 2.45) is 0 Å². The van der Waals surface area contributed by atoms with Crippen LogP contribution in [0.15, 0.2) is 28.9 Å². The molecule has 2 amide bonds. The van der Waals surface area contributed by atoms with Crippen molar-refractivity contribution in [1.29, 1.82) is 0 Å². The Balaban J connectivity index is 1.38. The predicted molar refractivity (Wildman–Crippen MR) is 98.1 cm³/mol. The van der Waals surface area contributed by atoms with Crippen LogP contribution in [0.2, 0.25) is 0 Å². The summed E-state index contributed by atoms with van der Waals surface area (Å²) in [7, 11) is 0. The molecule has 2 aromatic heterocycles. The van der Waals surface area contributed by atoms with E-state index >= 15 is 0 Å². The number of pyridine rings is 1. The van der Waals surface area contributed by atoms with Gasteiger partial charge in [0.15, 0.2) is 11.6 Å². The van der Waals surface area contributed by atoms with Gasteiger partial charge in [-0.15, -0.1) is 0 Å². The summed E-state index contributed by atoms with van der Waals surface area (Å²) in [5, 5.41) is 0. The second kappa shape index (κ2) is 7.13. The van der Waals surface area contributed by atoms with Gasteiger partial charge in [-0.05, 0) is 38.3 Å². The third kappa shape index (κ3) is 3.46. The number of rotatable bonds is 4. The first-order valence-electron chi connectivity index (χ1n) is 9.48. The average molecular weight is 368 g/mol. The van der Waals surface area contributed by atoms with Crippen LogP contribution in [0, 0.1) is 13.8 Å². The minimum absolute atomic E-state index is 0.0792. The topological polar surface area (TPSA) is 79.5 Å². The van der Waals surface area contributed by atoms with Gasteiger partial charge in [-0.2, -0.15) is 0 Å². The number of aryl methyl sites for hydroxylation is 3. The molecule has 27 heavy (non-hydrogen) atoms. The van der Waals surface area contributed by atoms with Crippen molar-refractivity contribution in [3.63, 3.8) is 0 Å². The number of aromatic nitrogens is 2. The highest BCUT2D eigenvalue weighted by Gasteiger charge is 2.46. The summed E-state index contributed by atoms with van der Waals surface area (Å²) in [5.74, 6) is 0.539. The van der Waals surface area contributed by atoms with Gasteiger partial charge in [0.2, 0.25) is 5.91 Å². The number of amides is 2. The zero-order valence-corrected chi connectivity index (χ0v) is 15.7. The van der Waals surface area contributed by atoms with E-state index in [-0.39, 0.29) is 23.9 Å². The number of carbonyl (C=O) groups excluding carboxylic acids is 2. The molecule has 0 N–H and O–H groups in total. The highest BCUT2D eigenvalue weighted by molar-refractivity contribution is 5.92. The summed E-state index contributed by atoms with van der Waals surface area (Å²) in [5.41, 5.74) is 2.27. The molecular formula is C20H24N4O3. The number of hydrogen-bond acceptors (Lipinski definition) is 5. The van der Waals surface area contributed by atoms with Gasteiger partial charge in [0.05, 0.1) is 12.1 Å². The molecule has 2 saturated heterocycles. The van der Waals surface area contributed by atoms with Gasteiger partial charge >= 0.3 is 0 Å². The van der Waals surface area contributed by atoms with Gasteiger partial charge in [0.25, 0.3) is 5.91 Å². The quantitative estimate of drug-likeness (QED) is 0.826. The maximum Gasteiger partial charge on any atom is 0.276 e. The maximum absolute atomic E-state index is 12.8. The molecule has 2 atom stereocenters. The van der Waals surface area contributed by atoms with E-state index in [1.807, 2.05) is 34.9 Å². The van der Waals surface area contributed by atoms with E-state index in [1.54, 1.807) is 6.92 Å². The SMILES string of the molecule is Cc1cccc(CCC(=O)N2CC[C@@H]3[C@H]2CCN3C(=O)c2coc(C)n2)n1. The van der Waals surface area contributed by atoms with E-state index in [1.165, 1.54) is 6.26 Å². The first kappa shape index (κ1) is 17.7. The molecule has 0 spiro atoms. The van der Waals surface area contributed by atoms with Crippen molar-refractivity contribution in [3.05, 3.63) is 47.4 Å². The minimum Gasteiger partial charge on any atom is -0.448 e. The second-order valence-electron chi connectivity index (χ2n) is 7.32. The molecule has 0 aromatic carbocycles. The van der Waals surface area contributed by atoms with Crippen LogP contribution in [0.25, 0.3) is 0 Å². The molecule has 7 heteroatoms. The number of hydrogen-bond donors (Lipinski definition) is 0. The lowest BCUT2D eigenvalue weighted by Crippen LogP contribution is -2.41. The fourth-order valence-corrected chi connectivity index (χ4v) is 4.27. The Morgan fingerprint density at radius 1 is 1.11 bits per heavy atom. The van der Waals surface area contributed by atoms with E-state index in [4.69, 9.17) is 4.42 Å². The van der Waals surface area contributed by atoms with Crippen molar-refractivity contribution in [2.75, 3.05) is 13.1 Å². The molecule has 4 heterocycles. The number of nitrogens with zero attached hydrogens (tertiary/aromatic N) is 4. The van der Waals surface area contributed by atoms with Crippen LogP contribution in [0.5, 0.6) is 0 Å². The Hall–Kier alpha value is -2.70. The Bertz CT molecular complexity index is 862. The van der Waals surface area contributed by atoms with Crippen molar-refractivity contribution in [2.45, 2.75) is 51.6 Å². The van der Waals surface area contributed by atoms with Crippen LogP contribution in [-0.4, -0.2) is 56.8 Å². The molecule has 0 bridgehead atoms. The van der Waals surface area contributed by atoms with Crippen LogP contribution in [0.3, 0.4) is 0 Å². The molecule has 4 rings (SSSR count). The number of oxazole rings is 1. The molecule has 2 aromatic rings. The molecule has 7 nitrogen and oxygen atoms in total. The lowest BCUT2D eigenvalue weighted by Gasteiger charge is -2.25. The van der Waals surface area contributed by atoms with Gasteiger partial charge < -0.3 is 14.2 Å². The summed E-state index contributed by atoms with van der Waals surface area (Å²) < 4.78 is 5.17. The Labute approximate surface area is 158 Å². The summed E-state index contributed by atoms with van der Waals surface area (Å²) in [6.45, 7) is 5.04. The zero-order valence-electron chi connectivity index (χ0n) is 15.7. The van der Waals surface area contributed by atoms with E-state index in [0.717, 1.165) is 24.2 Å². The van der Waals surface area contributed by atoms with Crippen LogP contribution >= 0.6 is 0 Å². The molecule has 2 fully saturated rings. The van der Waals surface area contributed by atoms with Crippen LogP contribution in [-0.2, 0) is 11.2 Å². The lowest BCUT2D eigenvalue weighted by molar-refractivity contribution is -0.132. The molecule has 0 radical (unpaired) electrons. The van der Waals surface area contributed by atoms with Gasteiger partial charge in [-0.3, -0.25) is 14.6 Å². The van der Waals surface area contributed by atoms with E-state index in [0.29, 0.717) is 37.5 Å². The van der Waals surface area contributed by atoms with Crippen LogP contribution < -0.4 is 0 Å². The predicted octanol–water partition coefficient (Wildman–Crippen LogP) is 2.13. The fraction of sp³-hybridized carbons (Fsp3) is 0.500. The highest BCUT2D eigenvalue weighted by atomic mass is 16.3. The number of fused-ring (bicyclic) bond motifs is 1. The Morgan fingerprint density at radius 2 is 1.85 bits per heavy atom. The van der Waals surface area contributed by atoms with Crippen LogP contribution in [0.1, 0.15) is 47.0 Å². The Morgan fingerprint density at radius 3 is 2.56 bits per heavy atom. The van der Waals surface area contributed by atoms with Crippen molar-refractivity contribution in [3.8, 4) is 0 Å². The maximum atomic E-state index is 12.8. The third-order valence-electron chi connectivity index (χ3n) is 5.54.